The van der Waals surface area contributed by atoms with Gasteiger partial charge < -0.3 is 14.8 Å². The second kappa shape index (κ2) is 6.72. The molecule has 23 heavy (non-hydrogen) atoms. The van der Waals surface area contributed by atoms with Gasteiger partial charge in [-0.2, -0.15) is 0 Å². The lowest BCUT2D eigenvalue weighted by Gasteiger charge is -2.26. The van der Waals surface area contributed by atoms with Gasteiger partial charge in [0.1, 0.15) is 17.2 Å². The maximum atomic E-state index is 12.2. The summed E-state index contributed by atoms with van der Waals surface area (Å²) < 4.78 is 10.4. The molecule has 1 aliphatic carbocycles. The van der Waals surface area contributed by atoms with E-state index in [1.165, 1.54) is 0 Å². The lowest BCUT2D eigenvalue weighted by atomic mass is 10.1. The summed E-state index contributed by atoms with van der Waals surface area (Å²) in [5, 5.41) is 13.2. The van der Waals surface area contributed by atoms with Gasteiger partial charge in [0.15, 0.2) is 0 Å². The summed E-state index contributed by atoms with van der Waals surface area (Å²) in [6.07, 6.45) is -0.172. The fourth-order valence-electron chi connectivity index (χ4n) is 2.08. The molecule has 1 fully saturated rings. The predicted molar refractivity (Wildman–Crippen MR) is 82.5 cm³/mol. The number of ether oxygens (including phenoxy) is 2. The molecule has 1 rings (SSSR count). The Morgan fingerprint density at radius 1 is 1.17 bits per heavy atom. The van der Waals surface area contributed by atoms with Crippen molar-refractivity contribution in [3.63, 3.8) is 0 Å². The Labute approximate surface area is 136 Å². The number of carbonyl (C=O) groups is 2. The third-order valence-corrected chi connectivity index (χ3v) is 3.08. The number of esters is 1. The first-order valence-corrected chi connectivity index (χ1v) is 7.64. The van der Waals surface area contributed by atoms with Crippen molar-refractivity contribution < 1.29 is 24.0 Å². The van der Waals surface area contributed by atoms with Crippen molar-refractivity contribution >= 4 is 12.1 Å². The van der Waals surface area contributed by atoms with Crippen LogP contribution < -0.4 is 5.32 Å². The first-order valence-electron chi connectivity index (χ1n) is 7.64. The van der Waals surface area contributed by atoms with Crippen LogP contribution in [0.5, 0.6) is 0 Å². The summed E-state index contributed by atoms with van der Waals surface area (Å²) in [6.45, 7) is 10.3. The summed E-state index contributed by atoms with van der Waals surface area (Å²) >= 11 is 0. The highest BCUT2D eigenvalue weighted by Gasteiger charge is 2.50. The van der Waals surface area contributed by atoms with E-state index in [4.69, 9.17) is 9.47 Å². The minimum absolute atomic E-state index is 0.166. The van der Waals surface area contributed by atoms with E-state index >= 15 is 0 Å². The molecule has 1 aliphatic rings. The van der Waals surface area contributed by atoms with E-state index < -0.39 is 35.3 Å². The number of carbonyl (C=O) groups excluding carboxylic acids is 2. The van der Waals surface area contributed by atoms with E-state index in [2.05, 4.69) is 5.32 Å². The van der Waals surface area contributed by atoms with Crippen LogP contribution in [0.1, 0.15) is 54.4 Å². The number of nitrogens with one attached hydrogen (secondary N) is 1. The Bertz CT molecular complexity index is 477. The molecule has 0 spiro atoms. The monoisotopic (exact) mass is 330 g/mol. The summed E-state index contributed by atoms with van der Waals surface area (Å²) in [5.74, 6) is -0.852. The Morgan fingerprint density at radius 3 is 2.09 bits per heavy atom. The van der Waals surface area contributed by atoms with Crippen LogP contribution in [0.3, 0.4) is 0 Å². The van der Waals surface area contributed by atoms with Gasteiger partial charge in [0.05, 0.1) is 0 Å². The van der Waals surface area contributed by atoms with Crippen molar-refractivity contribution in [1.29, 1.82) is 0 Å². The minimum atomic E-state index is -0.959. The Kier molecular flexibility index (Phi) is 5.60. The molecule has 0 aromatic carbocycles. The van der Waals surface area contributed by atoms with E-state index in [0.29, 0.717) is 6.42 Å². The molecule has 132 valence electrons. The lowest BCUT2D eigenvalue weighted by Crippen LogP contribution is -2.46. The van der Waals surface area contributed by atoms with Crippen molar-refractivity contribution in [3.05, 3.63) is 10.1 Å². The largest absolute Gasteiger partial charge is 0.458 e. The van der Waals surface area contributed by atoms with Gasteiger partial charge in [0, 0.05) is 17.3 Å². The molecule has 0 aliphatic heterocycles. The zero-order chi connectivity index (χ0) is 18.0. The molecule has 0 saturated heterocycles. The van der Waals surface area contributed by atoms with Crippen molar-refractivity contribution in [1.82, 2.24) is 5.32 Å². The fourth-order valence-corrected chi connectivity index (χ4v) is 2.08. The molecule has 0 unspecified atom stereocenters. The highest BCUT2D eigenvalue weighted by Crippen LogP contribution is 2.37. The molecular formula is C15H26N2O6. The quantitative estimate of drug-likeness (QED) is 0.470. The van der Waals surface area contributed by atoms with Gasteiger partial charge in [-0.1, -0.05) is 0 Å². The molecule has 1 amide bonds. The molecule has 8 nitrogen and oxygen atoms in total. The zero-order valence-electron chi connectivity index (χ0n) is 14.5. The molecule has 0 bridgehead atoms. The summed E-state index contributed by atoms with van der Waals surface area (Å²) in [4.78, 5) is 34.5. The molecule has 3 atom stereocenters. The van der Waals surface area contributed by atoms with Crippen molar-refractivity contribution in [2.75, 3.05) is 0 Å². The van der Waals surface area contributed by atoms with E-state index in [9.17, 15) is 19.7 Å². The van der Waals surface area contributed by atoms with Crippen LogP contribution in [0.25, 0.3) is 0 Å². The molecule has 0 radical (unpaired) electrons. The van der Waals surface area contributed by atoms with Gasteiger partial charge in [-0.15, -0.1) is 0 Å². The standard InChI is InChI=1S/C15H26N2O6/c1-14(2,3)22-12(18)10(7-9-8-11(9)17(20)21)16-13(19)23-15(4,5)6/h9-11H,7-8H2,1-6H3,(H,16,19)/t9-,10-,11-/m1/s1. The number of rotatable bonds is 5. The van der Waals surface area contributed by atoms with Crippen molar-refractivity contribution in [2.45, 2.75) is 77.7 Å². The highest BCUT2D eigenvalue weighted by molar-refractivity contribution is 5.81. The topological polar surface area (TPSA) is 108 Å². The second-order valence-electron chi connectivity index (χ2n) is 7.82. The lowest BCUT2D eigenvalue weighted by molar-refractivity contribution is -0.498. The first kappa shape index (κ1) is 19.2. The van der Waals surface area contributed by atoms with Crippen LogP contribution in [-0.4, -0.2) is 40.3 Å². The summed E-state index contributed by atoms with van der Waals surface area (Å²) in [5.41, 5.74) is -1.41. The third kappa shape index (κ3) is 7.30. The van der Waals surface area contributed by atoms with Crippen molar-refractivity contribution in [2.24, 2.45) is 5.92 Å². The van der Waals surface area contributed by atoms with Crippen molar-refractivity contribution in [3.8, 4) is 0 Å². The van der Waals surface area contributed by atoms with Gasteiger partial charge in [0.2, 0.25) is 6.04 Å². The SMILES string of the molecule is CC(C)(C)OC(=O)N[C@H](C[C@@H]1C[C@H]1[N+](=O)[O-])C(=O)OC(C)(C)C. The van der Waals surface area contributed by atoms with Gasteiger partial charge in [-0.25, -0.2) is 9.59 Å². The highest BCUT2D eigenvalue weighted by atomic mass is 16.6. The Hall–Kier alpha value is -1.86. The number of nitrogens with zero attached hydrogens (tertiary/aromatic N) is 1. The maximum absolute atomic E-state index is 12.2. The number of hydrogen-bond acceptors (Lipinski definition) is 6. The first-order chi connectivity index (χ1) is 10.3. The summed E-state index contributed by atoms with van der Waals surface area (Å²) in [7, 11) is 0. The molecule has 1 saturated carbocycles. The molecular weight excluding hydrogens is 304 g/mol. The van der Waals surface area contributed by atoms with Gasteiger partial charge in [-0.3, -0.25) is 10.1 Å². The second-order valence-corrected chi connectivity index (χ2v) is 7.82. The Balaban J connectivity index is 2.70. The average Bonchev–Trinajstić information content (AvgIpc) is 3.02. The van der Waals surface area contributed by atoms with Gasteiger partial charge >= 0.3 is 12.1 Å². The molecule has 1 N–H and O–H groups in total. The van der Waals surface area contributed by atoms with E-state index in [1.54, 1.807) is 41.5 Å². The smallest absolute Gasteiger partial charge is 0.408 e. The van der Waals surface area contributed by atoms with Crippen LogP contribution in [0.2, 0.25) is 0 Å². The summed E-state index contributed by atoms with van der Waals surface area (Å²) in [6, 6.07) is -1.61. The normalized spacial score (nSPS) is 22.0. The van der Waals surface area contributed by atoms with Crippen LogP contribution in [0.4, 0.5) is 4.79 Å². The van der Waals surface area contributed by atoms with Gasteiger partial charge in [-0.05, 0) is 48.0 Å². The van der Waals surface area contributed by atoms with E-state index in [1.807, 2.05) is 0 Å². The average molecular weight is 330 g/mol. The van der Waals surface area contributed by atoms with E-state index in [0.717, 1.165) is 0 Å². The van der Waals surface area contributed by atoms with Crippen LogP contribution >= 0.6 is 0 Å². The number of amides is 1. The number of hydrogen-bond donors (Lipinski definition) is 1. The molecule has 8 heteroatoms. The fraction of sp³-hybridized carbons (Fsp3) is 0.867. The van der Waals surface area contributed by atoms with Crippen LogP contribution in [0, 0.1) is 16.0 Å². The maximum Gasteiger partial charge on any atom is 0.408 e. The molecule has 0 aromatic rings. The van der Waals surface area contributed by atoms with E-state index in [-0.39, 0.29) is 17.3 Å². The molecule has 0 aromatic heterocycles. The minimum Gasteiger partial charge on any atom is -0.458 e. The zero-order valence-corrected chi connectivity index (χ0v) is 14.5. The van der Waals surface area contributed by atoms with Crippen LogP contribution in [-0.2, 0) is 14.3 Å². The molecule has 0 heterocycles. The predicted octanol–water partition coefficient (Wildman–Crippen LogP) is 2.28. The van der Waals surface area contributed by atoms with Crippen LogP contribution in [0.15, 0.2) is 0 Å². The Morgan fingerprint density at radius 2 is 1.70 bits per heavy atom. The van der Waals surface area contributed by atoms with Gasteiger partial charge in [0.25, 0.3) is 0 Å². The number of alkyl carbamates (subject to hydrolysis) is 1. The number of nitro groups is 1. The third-order valence-electron chi connectivity index (χ3n) is 3.08.